The lowest BCUT2D eigenvalue weighted by Crippen LogP contribution is -2.44. The third kappa shape index (κ3) is 2.34. The van der Waals surface area contributed by atoms with Crippen LogP contribution in [0.3, 0.4) is 0 Å². The molecule has 0 bridgehead atoms. The summed E-state index contributed by atoms with van der Waals surface area (Å²) in [6.45, 7) is 3.79. The van der Waals surface area contributed by atoms with Gasteiger partial charge in [0.25, 0.3) is 0 Å². The summed E-state index contributed by atoms with van der Waals surface area (Å²) in [4.78, 5) is 12.2. The van der Waals surface area contributed by atoms with E-state index in [1.165, 1.54) is 12.1 Å². The zero-order valence-electron chi connectivity index (χ0n) is 11.9. The molecule has 4 nitrogen and oxygen atoms in total. The summed E-state index contributed by atoms with van der Waals surface area (Å²) in [5, 5.41) is 6.51. The van der Waals surface area contributed by atoms with Crippen LogP contribution in [0, 0.1) is 5.82 Å². The monoisotopic (exact) mass is 314 g/mol. The highest BCUT2D eigenvalue weighted by Crippen LogP contribution is 2.37. The Morgan fingerprint density at radius 2 is 1.86 bits per heavy atom. The molecule has 112 valence electrons. The maximum atomic E-state index is 13.2. The molecule has 0 spiro atoms. The summed E-state index contributed by atoms with van der Waals surface area (Å²) in [5.41, 5.74) is 2.08. The summed E-state index contributed by atoms with van der Waals surface area (Å²) in [6, 6.07) is 6.61. The molecule has 1 N–H and O–H groups in total. The highest BCUT2D eigenvalue weighted by molar-refractivity contribution is 7.17. The lowest BCUT2D eigenvalue weighted by molar-refractivity contribution is 0.586. The standard InChI is InChI=1S/C16H15FN4S/c17-12-3-1-11(2-4-12)13-9-22-16-14(13)15(19-10-20-16)21-7-5-18-6-8-21/h1-4,9-10,18H,5-8H2. The first-order valence-corrected chi connectivity index (χ1v) is 8.15. The number of nitrogens with zero attached hydrogens (tertiary/aromatic N) is 3. The third-order valence-corrected chi connectivity index (χ3v) is 4.81. The predicted molar refractivity (Wildman–Crippen MR) is 87.9 cm³/mol. The summed E-state index contributed by atoms with van der Waals surface area (Å²) in [7, 11) is 0. The number of hydrogen-bond acceptors (Lipinski definition) is 5. The van der Waals surface area contributed by atoms with Crippen molar-refractivity contribution < 1.29 is 4.39 Å². The molecule has 1 saturated heterocycles. The number of hydrogen-bond donors (Lipinski definition) is 1. The SMILES string of the molecule is Fc1ccc(-c2csc3ncnc(N4CCNCC4)c23)cc1. The average molecular weight is 314 g/mol. The van der Waals surface area contributed by atoms with Crippen molar-refractivity contribution in [1.29, 1.82) is 0 Å². The van der Waals surface area contributed by atoms with Crippen LogP contribution in [0.5, 0.6) is 0 Å². The number of rotatable bonds is 2. The molecule has 1 aromatic carbocycles. The van der Waals surface area contributed by atoms with Crippen molar-refractivity contribution in [2.24, 2.45) is 0 Å². The second-order valence-corrected chi connectivity index (χ2v) is 6.13. The zero-order valence-corrected chi connectivity index (χ0v) is 12.7. The van der Waals surface area contributed by atoms with Gasteiger partial charge in [-0.25, -0.2) is 14.4 Å². The number of halogens is 1. The predicted octanol–water partition coefficient (Wildman–Crippen LogP) is 2.91. The lowest BCUT2D eigenvalue weighted by atomic mass is 10.1. The second-order valence-electron chi connectivity index (χ2n) is 5.27. The van der Waals surface area contributed by atoms with Crippen LogP contribution in [0.15, 0.2) is 36.0 Å². The Morgan fingerprint density at radius 3 is 2.64 bits per heavy atom. The maximum Gasteiger partial charge on any atom is 0.141 e. The van der Waals surface area contributed by atoms with Crippen LogP contribution in [0.4, 0.5) is 10.2 Å². The van der Waals surface area contributed by atoms with E-state index in [0.29, 0.717) is 0 Å². The van der Waals surface area contributed by atoms with E-state index in [1.807, 2.05) is 12.1 Å². The van der Waals surface area contributed by atoms with Crippen molar-refractivity contribution >= 4 is 27.4 Å². The quantitative estimate of drug-likeness (QED) is 0.790. The van der Waals surface area contributed by atoms with Crippen LogP contribution in [0.25, 0.3) is 21.3 Å². The Balaban J connectivity index is 1.87. The van der Waals surface area contributed by atoms with Crippen molar-refractivity contribution in [2.45, 2.75) is 0 Å². The molecule has 0 saturated carbocycles. The largest absolute Gasteiger partial charge is 0.353 e. The van der Waals surface area contributed by atoms with Gasteiger partial charge >= 0.3 is 0 Å². The van der Waals surface area contributed by atoms with Crippen LogP contribution < -0.4 is 10.2 Å². The summed E-state index contributed by atoms with van der Waals surface area (Å²) in [6.07, 6.45) is 1.63. The number of thiophene rings is 1. The first-order chi connectivity index (χ1) is 10.8. The fourth-order valence-corrected chi connectivity index (χ4v) is 3.73. The van der Waals surface area contributed by atoms with E-state index in [9.17, 15) is 4.39 Å². The van der Waals surface area contributed by atoms with E-state index in [0.717, 1.165) is 53.3 Å². The van der Waals surface area contributed by atoms with Gasteiger partial charge in [-0.1, -0.05) is 12.1 Å². The van der Waals surface area contributed by atoms with Crippen molar-refractivity contribution in [2.75, 3.05) is 31.1 Å². The Bertz CT molecular complexity index is 794. The van der Waals surface area contributed by atoms with Gasteiger partial charge in [-0.3, -0.25) is 0 Å². The zero-order chi connectivity index (χ0) is 14.9. The molecule has 1 aliphatic rings. The minimum absolute atomic E-state index is 0.220. The summed E-state index contributed by atoms with van der Waals surface area (Å²) in [5.74, 6) is 0.758. The molecular formula is C16H15FN4S. The van der Waals surface area contributed by atoms with Gasteiger partial charge in [-0.2, -0.15) is 0 Å². The number of aromatic nitrogens is 2. The Kier molecular flexibility index (Phi) is 3.48. The molecule has 1 aliphatic heterocycles. The third-order valence-electron chi connectivity index (χ3n) is 3.92. The number of benzene rings is 1. The van der Waals surface area contributed by atoms with Crippen molar-refractivity contribution in [1.82, 2.24) is 15.3 Å². The number of fused-ring (bicyclic) bond motifs is 1. The average Bonchev–Trinajstić information content (AvgIpc) is 3.00. The fourth-order valence-electron chi connectivity index (χ4n) is 2.82. The normalized spacial score (nSPS) is 15.4. The minimum Gasteiger partial charge on any atom is -0.353 e. The van der Waals surface area contributed by atoms with Gasteiger partial charge in [-0.15, -0.1) is 11.3 Å². The van der Waals surface area contributed by atoms with Crippen LogP contribution in [-0.4, -0.2) is 36.1 Å². The Hall–Kier alpha value is -2.05. The topological polar surface area (TPSA) is 41.1 Å². The molecule has 2 aromatic heterocycles. The van der Waals surface area contributed by atoms with Crippen LogP contribution in [0.2, 0.25) is 0 Å². The number of nitrogens with one attached hydrogen (secondary N) is 1. The van der Waals surface area contributed by atoms with E-state index in [2.05, 4.69) is 25.6 Å². The smallest absolute Gasteiger partial charge is 0.141 e. The Morgan fingerprint density at radius 1 is 1.09 bits per heavy atom. The van der Waals surface area contributed by atoms with Gasteiger partial charge in [0.05, 0.1) is 5.39 Å². The van der Waals surface area contributed by atoms with Gasteiger partial charge in [0.15, 0.2) is 0 Å². The van der Waals surface area contributed by atoms with E-state index < -0.39 is 0 Å². The molecule has 0 unspecified atom stereocenters. The Labute approximate surface area is 131 Å². The van der Waals surface area contributed by atoms with Crippen molar-refractivity contribution in [3.8, 4) is 11.1 Å². The molecule has 0 atom stereocenters. The van der Waals surface area contributed by atoms with E-state index >= 15 is 0 Å². The molecule has 0 aliphatic carbocycles. The van der Waals surface area contributed by atoms with Gasteiger partial charge in [0.1, 0.15) is 22.8 Å². The van der Waals surface area contributed by atoms with Crippen LogP contribution in [-0.2, 0) is 0 Å². The number of anilines is 1. The number of piperazine rings is 1. The lowest BCUT2D eigenvalue weighted by Gasteiger charge is -2.29. The van der Waals surface area contributed by atoms with Gasteiger partial charge in [-0.05, 0) is 17.7 Å². The van der Waals surface area contributed by atoms with E-state index in [1.54, 1.807) is 17.7 Å². The molecule has 3 heterocycles. The van der Waals surface area contributed by atoms with Crippen LogP contribution >= 0.6 is 11.3 Å². The first kappa shape index (κ1) is 13.6. The molecule has 4 rings (SSSR count). The van der Waals surface area contributed by atoms with E-state index in [-0.39, 0.29) is 5.82 Å². The minimum atomic E-state index is -0.220. The molecule has 0 radical (unpaired) electrons. The van der Waals surface area contributed by atoms with Crippen molar-refractivity contribution in [3.05, 3.63) is 41.8 Å². The maximum absolute atomic E-state index is 13.2. The molecule has 22 heavy (non-hydrogen) atoms. The second kappa shape index (κ2) is 5.62. The first-order valence-electron chi connectivity index (χ1n) is 7.27. The summed E-state index contributed by atoms with van der Waals surface area (Å²) < 4.78 is 13.2. The molecule has 1 fully saturated rings. The highest BCUT2D eigenvalue weighted by Gasteiger charge is 2.19. The van der Waals surface area contributed by atoms with Crippen molar-refractivity contribution in [3.63, 3.8) is 0 Å². The molecular weight excluding hydrogens is 299 g/mol. The molecule has 3 aromatic rings. The van der Waals surface area contributed by atoms with E-state index in [4.69, 9.17) is 0 Å². The van der Waals surface area contributed by atoms with Gasteiger partial charge in [0.2, 0.25) is 0 Å². The van der Waals surface area contributed by atoms with Crippen LogP contribution in [0.1, 0.15) is 0 Å². The molecule has 6 heteroatoms. The van der Waals surface area contributed by atoms with Gasteiger partial charge < -0.3 is 10.2 Å². The van der Waals surface area contributed by atoms with Gasteiger partial charge in [0, 0.05) is 37.1 Å². The highest BCUT2D eigenvalue weighted by atomic mass is 32.1. The summed E-state index contributed by atoms with van der Waals surface area (Å²) >= 11 is 1.60. The molecule has 0 amide bonds. The fraction of sp³-hybridized carbons (Fsp3) is 0.250.